The van der Waals surface area contributed by atoms with Gasteiger partial charge < -0.3 is 4.90 Å². The van der Waals surface area contributed by atoms with Gasteiger partial charge in [0, 0.05) is 53.2 Å². The summed E-state index contributed by atoms with van der Waals surface area (Å²) in [5.74, 6) is -0.212. The standard InChI is InChI=1S/C21H21ClN6O3S3/c22-14-4-3-13-8-19(32-17(13)9-14)34(30,31)27-6-7-28(15(12-27)2-1-5-23)21(29)20-26-16-10-24-25-11-18(16)33-20/h3-4,8-9,15,24-25H,1-2,6-7,10-12H2. The Balaban J connectivity index is 1.39. The summed E-state index contributed by atoms with van der Waals surface area (Å²) < 4.78 is 29.4. The van der Waals surface area contributed by atoms with Crippen LogP contribution in [0.5, 0.6) is 0 Å². The van der Waals surface area contributed by atoms with E-state index in [0.29, 0.717) is 29.5 Å². The average Bonchev–Trinajstić information content (AvgIpc) is 3.46. The second-order valence-electron chi connectivity index (χ2n) is 8.06. The number of carbonyl (C=O) groups is 1. The highest BCUT2D eigenvalue weighted by Crippen LogP contribution is 2.34. The third-order valence-electron chi connectivity index (χ3n) is 5.94. The summed E-state index contributed by atoms with van der Waals surface area (Å²) in [7, 11) is -3.75. The smallest absolute Gasteiger partial charge is 0.283 e. The Kier molecular flexibility index (Phi) is 6.60. The third kappa shape index (κ3) is 4.45. The van der Waals surface area contributed by atoms with Crippen molar-refractivity contribution in [2.45, 2.75) is 36.2 Å². The van der Waals surface area contributed by atoms with Crippen molar-refractivity contribution in [3.05, 3.63) is 44.9 Å². The van der Waals surface area contributed by atoms with Crippen LogP contribution in [-0.4, -0.2) is 54.2 Å². The molecule has 1 amide bonds. The minimum absolute atomic E-state index is 0.138. The molecule has 1 saturated heterocycles. The number of aromatic nitrogens is 1. The molecule has 4 heterocycles. The zero-order chi connectivity index (χ0) is 23.9. The predicted molar refractivity (Wildman–Crippen MR) is 131 cm³/mol. The summed E-state index contributed by atoms with van der Waals surface area (Å²) >= 11 is 8.60. The second kappa shape index (κ2) is 9.50. The number of sulfonamides is 1. The Morgan fingerprint density at radius 2 is 2.06 bits per heavy atom. The highest BCUT2D eigenvalue weighted by atomic mass is 35.5. The number of nitrogens with one attached hydrogen (secondary N) is 2. The lowest BCUT2D eigenvalue weighted by molar-refractivity contribution is 0.0553. The highest BCUT2D eigenvalue weighted by Gasteiger charge is 2.38. The predicted octanol–water partition coefficient (Wildman–Crippen LogP) is 2.94. The molecule has 178 valence electrons. The van der Waals surface area contributed by atoms with E-state index in [-0.39, 0.29) is 36.2 Å². The molecule has 5 rings (SSSR count). The number of piperazine rings is 1. The van der Waals surface area contributed by atoms with E-state index in [1.54, 1.807) is 29.2 Å². The van der Waals surface area contributed by atoms with Crippen LogP contribution in [0.4, 0.5) is 0 Å². The molecule has 1 unspecified atom stereocenters. The van der Waals surface area contributed by atoms with Gasteiger partial charge in [0.25, 0.3) is 15.9 Å². The van der Waals surface area contributed by atoms with Crippen molar-refractivity contribution in [2.75, 3.05) is 19.6 Å². The molecule has 2 aliphatic heterocycles. The van der Waals surface area contributed by atoms with E-state index in [1.165, 1.54) is 27.0 Å². The number of thiazole rings is 1. The van der Waals surface area contributed by atoms with Gasteiger partial charge in [0.1, 0.15) is 4.21 Å². The molecule has 9 nitrogen and oxygen atoms in total. The fourth-order valence-electron chi connectivity index (χ4n) is 4.19. The summed E-state index contributed by atoms with van der Waals surface area (Å²) in [6.07, 6.45) is 0.621. The van der Waals surface area contributed by atoms with Gasteiger partial charge in [0.15, 0.2) is 5.01 Å². The van der Waals surface area contributed by atoms with Crippen molar-refractivity contribution in [1.82, 2.24) is 25.0 Å². The first kappa shape index (κ1) is 23.6. The molecule has 0 spiro atoms. The number of hydrazine groups is 1. The van der Waals surface area contributed by atoms with Crippen LogP contribution in [0.2, 0.25) is 5.02 Å². The Morgan fingerprint density at radius 1 is 1.24 bits per heavy atom. The van der Waals surface area contributed by atoms with Crippen molar-refractivity contribution in [1.29, 1.82) is 5.26 Å². The molecular formula is C21H21ClN6O3S3. The van der Waals surface area contributed by atoms with Gasteiger partial charge in [-0.3, -0.25) is 15.6 Å². The molecule has 1 fully saturated rings. The summed E-state index contributed by atoms with van der Waals surface area (Å²) in [6, 6.07) is 8.67. The number of amides is 1. The number of hydrogen-bond acceptors (Lipinski definition) is 9. The normalized spacial score (nSPS) is 19.2. The third-order valence-corrected chi connectivity index (χ3v) is 10.7. The van der Waals surface area contributed by atoms with E-state index in [2.05, 4.69) is 21.9 Å². The molecule has 34 heavy (non-hydrogen) atoms. The Morgan fingerprint density at radius 3 is 2.85 bits per heavy atom. The van der Waals surface area contributed by atoms with Crippen LogP contribution < -0.4 is 10.9 Å². The minimum atomic E-state index is -3.75. The molecule has 2 aliphatic rings. The van der Waals surface area contributed by atoms with Crippen molar-refractivity contribution < 1.29 is 13.2 Å². The van der Waals surface area contributed by atoms with E-state index in [9.17, 15) is 13.2 Å². The van der Waals surface area contributed by atoms with Gasteiger partial charge >= 0.3 is 0 Å². The first-order chi connectivity index (χ1) is 16.4. The van der Waals surface area contributed by atoms with Crippen LogP contribution in [0.1, 0.15) is 33.2 Å². The van der Waals surface area contributed by atoms with Gasteiger partial charge in [0.05, 0.1) is 18.3 Å². The number of nitriles is 1. The SMILES string of the molecule is N#CCCC1CN(S(=O)(=O)c2cc3ccc(Cl)cc3s2)CCN1C(=O)c1nc2c(s1)CNNC2. The second-order valence-corrected chi connectivity index (χ2v) is 12.8. The number of thiophene rings is 1. The number of halogens is 1. The van der Waals surface area contributed by atoms with E-state index in [4.69, 9.17) is 16.9 Å². The molecule has 1 aromatic carbocycles. The number of hydrogen-bond donors (Lipinski definition) is 2. The van der Waals surface area contributed by atoms with Gasteiger partial charge in [-0.1, -0.05) is 17.7 Å². The molecular weight excluding hydrogens is 516 g/mol. The maximum absolute atomic E-state index is 13.5. The monoisotopic (exact) mass is 536 g/mol. The lowest BCUT2D eigenvalue weighted by atomic mass is 10.1. The van der Waals surface area contributed by atoms with Gasteiger partial charge in [-0.05, 0) is 30.0 Å². The first-order valence-corrected chi connectivity index (χ1v) is 14.1. The maximum Gasteiger partial charge on any atom is 0.283 e. The zero-order valence-electron chi connectivity index (χ0n) is 18.0. The molecule has 2 aromatic heterocycles. The lowest BCUT2D eigenvalue weighted by Crippen LogP contribution is -2.56. The lowest BCUT2D eigenvalue weighted by Gasteiger charge is -2.40. The number of nitrogens with zero attached hydrogens (tertiary/aromatic N) is 4. The molecule has 0 radical (unpaired) electrons. The Bertz CT molecular complexity index is 1370. The molecule has 0 bridgehead atoms. The fraction of sp³-hybridized carbons (Fsp3) is 0.381. The van der Waals surface area contributed by atoms with Crippen LogP contribution in [0.15, 0.2) is 28.5 Å². The van der Waals surface area contributed by atoms with Crippen molar-refractivity contribution in [2.24, 2.45) is 0 Å². The van der Waals surface area contributed by atoms with Crippen LogP contribution in [-0.2, 0) is 23.1 Å². The highest BCUT2D eigenvalue weighted by molar-refractivity contribution is 7.91. The minimum Gasteiger partial charge on any atom is -0.331 e. The largest absolute Gasteiger partial charge is 0.331 e. The van der Waals surface area contributed by atoms with Crippen molar-refractivity contribution >= 4 is 60.3 Å². The first-order valence-electron chi connectivity index (χ1n) is 10.7. The quantitative estimate of drug-likeness (QED) is 0.514. The number of carbonyl (C=O) groups excluding carboxylic acids is 1. The number of benzene rings is 1. The molecule has 3 aromatic rings. The average molecular weight is 537 g/mol. The summed E-state index contributed by atoms with van der Waals surface area (Å²) in [5, 5.41) is 10.9. The summed E-state index contributed by atoms with van der Waals surface area (Å²) in [5.41, 5.74) is 6.91. The van der Waals surface area contributed by atoms with Gasteiger partial charge in [-0.2, -0.15) is 9.57 Å². The van der Waals surface area contributed by atoms with E-state index >= 15 is 0 Å². The van der Waals surface area contributed by atoms with Gasteiger partial charge in [-0.25, -0.2) is 13.4 Å². The Hall–Kier alpha value is -2.11. The van der Waals surface area contributed by atoms with Crippen molar-refractivity contribution in [3.63, 3.8) is 0 Å². The zero-order valence-corrected chi connectivity index (χ0v) is 21.2. The number of rotatable bonds is 5. The van der Waals surface area contributed by atoms with Crippen LogP contribution in [0, 0.1) is 11.3 Å². The van der Waals surface area contributed by atoms with Crippen LogP contribution >= 0.6 is 34.3 Å². The maximum atomic E-state index is 13.5. The van der Waals surface area contributed by atoms with E-state index in [1.807, 2.05) is 0 Å². The topological polar surface area (TPSA) is 118 Å². The Labute approximate surface area is 210 Å². The van der Waals surface area contributed by atoms with Gasteiger partial charge in [0.2, 0.25) is 0 Å². The molecule has 0 saturated carbocycles. The van der Waals surface area contributed by atoms with Crippen molar-refractivity contribution in [3.8, 4) is 6.07 Å². The summed E-state index contributed by atoms with van der Waals surface area (Å²) in [6.45, 7) is 1.71. The molecule has 13 heteroatoms. The van der Waals surface area contributed by atoms with Gasteiger partial charge in [-0.15, -0.1) is 22.7 Å². The molecule has 0 aliphatic carbocycles. The summed E-state index contributed by atoms with van der Waals surface area (Å²) in [4.78, 5) is 20.5. The molecule has 1 atom stereocenters. The van der Waals surface area contributed by atoms with E-state index < -0.39 is 16.1 Å². The van der Waals surface area contributed by atoms with Crippen LogP contribution in [0.3, 0.4) is 0 Å². The molecule has 2 N–H and O–H groups in total. The van der Waals surface area contributed by atoms with E-state index in [0.717, 1.165) is 20.7 Å². The van der Waals surface area contributed by atoms with Crippen LogP contribution in [0.25, 0.3) is 10.1 Å². The fourth-order valence-corrected chi connectivity index (χ4v) is 8.46. The number of fused-ring (bicyclic) bond motifs is 2.